The van der Waals surface area contributed by atoms with Gasteiger partial charge in [0.25, 0.3) is 0 Å². The van der Waals surface area contributed by atoms with Gasteiger partial charge in [-0.2, -0.15) is 0 Å². The van der Waals surface area contributed by atoms with Crippen LogP contribution in [0.5, 0.6) is 5.88 Å². The lowest BCUT2D eigenvalue weighted by Crippen LogP contribution is -2.39. The number of nitrogens with one attached hydrogen (secondary N) is 1. The van der Waals surface area contributed by atoms with Crippen molar-refractivity contribution in [1.29, 1.82) is 0 Å². The van der Waals surface area contributed by atoms with Crippen LogP contribution in [-0.4, -0.2) is 56.8 Å². The molecule has 1 aromatic heterocycles. The minimum Gasteiger partial charge on any atom is -0.481 e. The molecular formula is C17H29IN4O2. The topological polar surface area (TPSA) is 59.0 Å². The van der Waals surface area contributed by atoms with E-state index in [0.29, 0.717) is 12.4 Å². The summed E-state index contributed by atoms with van der Waals surface area (Å²) in [4.78, 5) is 10.7. The second-order valence-corrected chi connectivity index (χ2v) is 5.87. The van der Waals surface area contributed by atoms with Gasteiger partial charge in [-0.25, -0.2) is 4.98 Å². The van der Waals surface area contributed by atoms with Crippen LogP contribution in [-0.2, 0) is 11.3 Å². The lowest BCUT2D eigenvalue weighted by molar-refractivity contribution is 0.0625. The van der Waals surface area contributed by atoms with E-state index in [0.717, 1.165) is 37.2 Å². The van der Waals surface area contributed by atoms with Crippen molar-refractivity contribution in [2.24, 2.45) is 10.9 Å². The Labute approximate surface area is 162 Å². The molecule has 1 aromatic rings. The summed E-state index contributed by atoms with van der Waals surface area (Å²) in [5, 5.41) is 3.39. The van der Waals surface area contributed by atoms with Crippen LogP contribution in [0.25, 0.3) is 0 Å². The summed E-state index contributed by atoms with van der Waals surface area (Å²) < 4.78 is 10.6. The van der Waals surface area contributed by atoms with E-state index in [4.69, 9.17) is 9.47 Å². The van der Waals surface area contributed by atoms with Gasteiger partial charge in [-0.15, -0.1) is 24.0 Å². The standard InChI is InChI=1S/C17H28N4O2.HI/c1-18-17(20-13-15-4-8-19-16(12-15)22-3)21(2)9-5-14-6-10-23-11-7-14;/h4,8,12,14H,5-7,9-11,13H2,1-3H3,(H,18,20);1H. The average Bonchev–Trinajstić information content (AvgIpc) is 2.61. The molecule has 0 saturated carbocycles. The highest BCUT2D eigenvalue weighted by molar-refractivity contribution is 14.0. The number of nitrogens with zero attached hydrogens (tertiary/aromatic N) is 3. The Kier molecular flexibility index (Phi) is 10.0. The van der Waals surface area contributed by atoms with Crippen LogP contribution in [0.1, 0.15) is 24.8 Å². The first-order valence-electron chi connectivity index (χ1n) is 8.21. The van der Waals surface area contributed by atoms with Crippen molar-refractivity contribution in [3.05, 3.63) is 23.9 Å². The fourth-order valence-electron chi connectivity index (χ4n) is 2.76. The number of rotatable bonds is 6. The Hall–Kier alpha value is -1.09. The Morgan fingerprint density at radius 1 is 1.46 bits per heavy atom. The van der Waals surface area contributed by atoms with Crippen molar-refractivity contribution in [3.8, 4) is 5.88 Å². The van der Waals surface area contributed by atoms with E-state index in [1.165, 1.54) is 19.3 Å². The van der Waals surface area contributed by atoms with E-state index in [1.807, 2.05) is 19.2 Å². The molecule has 0 atom stereocenters. The average molecular weight is 448 g/mol. The first kappa shape index (κ1) is 21.0. The molecule has 136 valence electrons. The van der Waals surface area contributed by atoms with E-state index in [1.54, 1.807) is 13.3 Å². The first-order chi connectivity index (χ1) is 11.2. The maximum Gasteiger partial charge on any atom is 0.213 e. The van der Waals surface area contributed by atoms with Crippen LogP contribution in [0.4, 0.5) is 0 Å². The van der Waals surface area contributed by atoms with Crippen molar-refractivity contribution in [2.75, 3.05) is 41.0 Å². The third kappa shape index (κ3) is 6.80. The van der Waals surface area contributed by atoms with Gasteiger partial charge in [0.2, 0.25) is 5.88 Å². The highest BCUT2D eigenvalue weighted by atomic mass is 127. The Balaban J connectivity index is 0.00000288. The van der Waals surface area contributed by atoms with Crippen molar-refractivity contribution in [2.45, 2.75) is 25.8 Å². The molecule has 1 aliphatic heterocycles. The lowest BCUT2D eigenvalue weighted by atomic mass is 9.96. The van der Waals surface area contributed by atoms with Gasteiger partial charge in [0.05, 0.1) is 7.11 Å². The second kappa shape index (κ2) is 11.5. The molecule has 0 aliphatic carbocycles. The molecule has 0 unspecified atom stereocenters. The monoisotopic (exact) mass is 448 g/mol. The molecule has 0 amide bonds. The molecule has 24 heavy (non-hydrogen) atoms. The van der Waals surface area contributed by atoms with E-state index >= 15 is 0 Å². The summed E-state index contributed by atoms with van der Waals surface area (Å²) in [6, 6.07) is 3.91. The normalized spacial score (nSPS) is 15.5. The predicted molar refractivity (Wildman–Crippen MR) is 107 cm³/mol. The molecule has 2 rings (SSSR count). The first-order valence-corrected chi connectivity index (χ1v) is 8.21. The zero-order chi connectivity index (χ0) is 16.5. The molecule has 0 aromatic carbocycles. The summed E-state index contributed by atoms with van der Waals surface area (Å²) in [5.74, 6) is 2.31. The summed E-state index contributed by atoms with van der Waals surface area (Å²) in [7, 11) is 5.53. The van der Waals surface area contributed by atoms with Crippen LogP contribution >= 0.6 is 24.0 Å². The number of ether oxygens (including phenoxy) is 2. The van der Waals surface area contributed by atoms with Gasteiger partial charge in [-0.3, -0.25) is 4.99 Å². The largest absolute Gasteiger partial charge is 0.481 e. The fraction of sp³-hybridized carbons (Fsp3) is 0.647. The molecule has 7 heteroatoms. The second-order valence-electron chi connectivity index (χ2n) is 5.87. The number of halogens is 1. The minimum atomic E-state index is 0. The summed E-state index contributed by atoms with van der Waals surface area (Å²) in [6.45, 7) is 3.52. The lowest BCUT2D eigenvalue weighted by Gasteiger charge is -2.26. The van der Waals surface area contributed by atoms with E-state index in [2.05, 4.69) is 27.2 Å². The summed E-state index contributed by atoms with van der Waals surface area (Å²) in [5.41, 5.74) is 1.12. The molecule has 1 aliphatic rings. The SMILES string of the molecule is CN=C(NCc1ccnc(OC)c1)N(C)CCC1CCOCC1.I. The van der Waals surface area contributed by atoms with Gasteiger partial charge in [0, 0.05) is 52.7 Å². The quantitative estimate of drug-likeness (QED) is 0.412. The molecule has 2 heterocycles. The van der Waals surface area contributed by atoms with Gasteiger partial charge in [-0.05, 0) is 36.8 Å². The van der Waals surface area contributed by atoms with E-state index in [-0.39, 0.29) is 24.0 Å². The molecule has 0 radical (unpaired) electrons. The highest BCUT2D eigenvalue weighted by Gasteiger charge is 2.15. The van der Waals surface area contributed by atoms with E-state index in [9.17, 15) is 0 Å². The highest BCUT2D eigenvalue weighted by Crippen LogP contribution is 2.18. The number of hydrogen-bond acceptors (Lipinski definition) is 4. The zero-order valence-corrected chi connectivity index (χ0v) is 17.2. The zero-order valence-electron chi connectivity index (χ0n) is 14.8. The number of guanidine groups is 1. The number of pyridine rings is 1. The third-order valence-corrected chi connectivity index (χ3v) is 4.25. The van der Waals surface area contributed by atoms with Crippen LogP contribution in [0.3, 0.4) is 0 Å². The number of aromatic nitrogens is 1. The predicted octanol–water partition coefficient (Wildman–Crippen LogP) is 2.53. The third-order valence-electron chi connectivity index (χ3n) is 4.25. The molecule has 1 fully saturated rings. The number of hydrogen-bond donors (Lipinski definition) is 1. The number of aliphatic imine (C=N–C) groups is 1. The molecule has 6 nitrogen and oxygen atoms in total. The van der Waals surface area contributed by atoms with Gasteiger partial charge in [-0.1, -0.05) is 0 Å². The number of methoxy groups -OCH3 is 1. The van der Waals surface area contributed by atoms with Crippen molar-refractivity contribution >= 4 is 29.9 Å². The van der Waals surface area contributed by atoms with Crippen LogP contribution in [0.2, 0.25) is 0 Å². The van der Waals surface area contributed by atoms with Crippen LogP contribution in [0.15, 0.2) is 23.3 Å². The molecular weight excluding hydrogens is 419 g/mol. The van der Waals surface area contributed by atoms with Gasteiger partial charge in [0.1, 0.15) is 0 Å². The van der Waals surface area contributed by atoms with Crippen molar-refractivity contribution in [1.82, 2.24) is 15.2 Å². The maximum absolute atomic E-state index is 5.42. The Morgan fingerprint density at radius 3 is 2.88 bits per heavy atom. The molecule has 0 spiro atoms. The molecule has 1 saturated heterocycles. The van der Waals surface area contributed by atoms with E-state index < -0.39 is 0 Å². The molecule has 1 N–H and O–H groups in total. The van der Waals surface area contributed by atoms with Gasteiger partial charge in [0.15, 0.2) is 5.96 Å². The fourth-order valence-corrected chi connectivity index (χ4v) is 2.76. The molecule has 0 bridgehead atoms. The van der Waals surface area contributed by atoms with Gasteiger partial charge >= 0.3 is 0 Å². The summed E-state index contributed by atoms with van der Waals surface area (Å²) in [6.07, 6.45) is 5.30. The summed E-state index contributed by atoms with van der Waals surface area (Å²) >= 11 is 0. The smallest absolute Gasteiger partial charge is 0.213 e. The minimum absolute atomic E-state index is 0. The van der Waals surface area contributed by atoms with Crippen molar-refractivity contribution < 1.29 is 9.47 Å². The van der Waals surface area contributed by atoms with Crippen LogP contribution in [0, 0.1) is 5.92 Å². The van der Waals surface area contributed by atoms with Crippen molar-refractivity contribution in [3.63, 3.8) is 0 Å². The van der Waals surface area contributed by atoms with Gasteiger partial charge < -0.3 is 19.7 Å². The Morgan fingerprint density at radius 2 is 2.21 bits per heavy atom. The maximum atomic E-state index is 5.42. The Bertz CT molecular complexity index is 507. The van der Waals surface area contributed by atoms with Crippen LogP contribution < -0.4 is 10.1 Å².